The van der Waals surface area contributed by atoms with Crippen LogP contribution in [0, 0.1) is 47.8 Å². The van der Waals surface area contributed by atoms with Gasteiger partial charge in [0.1, 0.15) is 11.6 Å². The molecule has 0 atom stereocenters. The molecule has 2 heterocycles. The van der Waals surface area contributed by atoms with E-state index in [9.17, 15) is 15.8 Å². The van der Waals surface area contributed by atoms with Gasteiger partial charge in [0.15, 0.2) is 5.82 Å². The third-order valence-electron chi connectivity index (χ3n) is 5.49. The Morgan fingerprint density at radius 1 is 0.636 bits per heavy atom. The van der Waals surface area contributed by atoms with Crippen LogP contribution in [0.4, 0.5) is 0 Å². The molecule has 0 radical (unpaired) electrons. The Hall–Kier alpha value is -5.06. The van der Waals surface area contributed by atoms with Gasteiger partial charge in [0.05, 0.1) is 51.6 Å². The quantitative estimate of drug-likeness (QED) is 0.398. The van der Waals surface area contributed by atoms with Crippen molar-refractivity contribution >= 4 is 21.8 Å². The summed E-state index contributed by atoms with van der Waals surface area (Å²) in [5.74, 6) is 1.67. The lowest BCUT2D eigenvalue weighted by molar-refractivity contribution is 0.926. The minimum Gasteiger partial charge on any atom is -0.308 e. The summed E-state index contributed by atoms with van der Waals surface area (Å²) in [7, 11) is 0. The number of nitrogens with zero attached hydrogens (tertiary/aromatic N) is 7. The summed E-state index contributed by atoms with van der Waals surface area (Å²) in [6, 6.07) is 22.9. The molecule has 33 heavy (non-hydrogen) atoms. The molecule has 7 nitrogen and oxygen atoms in total. The highest BCUT2D eigenvalue weighted by molar-refractivity contribution is 6.10. The first-order chi connectivity index (χ1) is 16.0. The van der Waals surface area contributed by atoms with Crippen LogP contribution < -0.4 is 0 Å². The second-order valence-corrected chi connectivity index (χ2v) is 7.62. The van der Waals surface area contributed by atoms with Gasteiger partial charge in [0.2, 0.25) is 0 Å². The number of rotatable bonds is 2. The largest absolute Gasteiger partial charge is 0.308 e. The number of benzene rings is 3. The Bertz CT molecular complexity index is 1630. The molecule has 2 aromatic heterocycles. The molecule has 0 aliphatic rings. The smallest absolute Gasteiger partial charge is 0.165 e. The molecule has 0 saturated carbocycles. The van der Waals surface area contributed by atoms with Gasteiger partial charge >= 0.3 is 0 Å². The number of fused-ring (bicyclic) bond motifs is 3. The minimum absolute atomic E-state index is 0.471. The minimum atomic E-state index is 0.471. The summed E-state index contributed by atoms with van der Waals surface area (Å²) >= 11 is 0. The van der Waals surface area contributed by atoms with Crippen LogP contribution in [-0.2, 0) is 0 Å². The van der Waals surface area contributed by atoms with E-state index in [1.54, 1.807) is 38.1 Å². The first-order valence-corrected chi connectivity index (χ1v) is 10.1. The maximum atomic E-state index is 9.61. The van der Waals surface area contributed by atoms with Crippen LogP contribution in [0.1, 0.15) is 28.3 Å². The molecule has 0 aliphatic carbocycles. The van der Waals surface area contributed by atoms with Crippen molar-refractivity contribution in [1.29, 1.82) is 15.8 Å². The molecule has 0 saturated heterocycles. The first kappa shape index (κ1) is 19.9. The summed E-state index contributed by atoms with van der Waals surface area (Å²) in [4.78, 5) is 13.3. The summed E-state index contributed by atoms with van der Waals surface area (Å²) in [6.07, 6.45) is 0. The molecule has 5 rings (SSSR count). The monoisotopic (exact) mass is 425 g/mol. The van der Waals surface area contributed by atoms with Crippen molar-refractivity contribution in [2.45, 2.75) is 13.8 Å². The maximum Gasteiger partial charge on any atom is 0.165 e. The van der Waals surface area contributed by atoms with Crippen LogP contribution in [0.2, 0.25) is 0 Å². The summed E-state index contributed by atoms with van der Waals surface area (Å²) in [6.45, 7) is 3.61. The number of hydrogen-bond donors (Lipinski definition) is 0. The lowest BCUT2D eigenvalue weighted by Gasteiger charge is -2.14. The molecule has 0 N–H and O–H groups in total. The fraction of sp³-hybridized carbons (Fsp3) is 0.0769. The Labute approximate surface area is 189 Å². The molecule has 0 amide bonds. The van der Waals surface area contributed by atoms with Gasteiger partial charge in [0.25, 0.3) is 0 Å². The van der Waals surface area contributed by atoms with E-state index in [0.717, 1.165) is 21.8 Å². The molecule has 0 spiro atoms. The van der Waals surface area contributed by atoms with Crippen LogP contribution >= 0.6 is 0 Å². The number of nitriles is 3. The van der Waals surface area contributed by atoms with E-state index >= 15 is 0 Å². The van der Waals surface area contributed by atoms with Crippen molar-refractivity contribution < 1.29 is 0 Å². The second-order valence-electron chi connectivity index (χ2n) is 7.62. The van der Waals surface area contributed by atoms with Gasteiger partial charge < -0.3 is 4.57 Å². The van der Waals surface area contributed by atoms with Gasteiger partial charge in [-0.1, -0.05) is 12.1 Å². The van der Waals surface area contributed by atoms with Gasteiger partial charge in [-0.15, -0.1) is 0 Å². The fourth-order valence-corrected chi connectivity index (χ4v) is 4.13. The van der Waals surface area contributed by atoms with Crippen molar-refractivity contribution in [3.05, 3.63) is 82.9 Å². The van der Waals surface area contributed by atoms with E-state index in [0.29, 0.717) is 45.4 Å². The molecule has 0 unspecified atom stereocenters. The predicted octanol–water partition coefficient (Wildman–Crippen LogP) is 4.87. The first-order valence-electron chi connectivity index (χ1n) is 10.1. The molecule has 7 heteroatoms. The highest BCUT2D eigenvalue weighted by atomic mass is 15.0. The molecule has 154 valence electrons. The Morgan fingerprint density at radius 2 is 1.12 bits per heavy atom. The summed E-state index contributed by atoms with van der Waals surface area (Å²) < 4.78 is 1.97. The van der Waals surface area contributed by atoms with Crippen LogP contribution in [0.5, 0.6) is 0 Å². The van der Waals surface area contributed by atoms with Gasteiger partial charge in [-0.3, -0.25) is 0 Å². The van der Waals surface area contributed by atoms with Crippen molar-refractivity contribution in [3.8, 4) is 35.3 Å². The van der Waals surface area contributed by atoms with Crippen LogP contribution in [-0.4, -0.2) is 19.5 Å². The number of hydrogen-bond acceptors (Lipinski definition) is 6. The molecule has 0 bridgehead atoms. The van der Waals surface area contributed by atoms with E-state index < -0.39 is 0 Å². The zero-order valence-corrected chi connectivity index (χ0v) is 17.8. The third kappa shape index (κ3) is 3.24. The fourth-order valence-electron chi connectivity index (χ4n) is 4.13. The zero-order chi connectivity index (χ0) is 23.1. The van der Waals surface area contributed by atoms with Gasteiger partial charge in [-0.2, -0.15) is 15.8 Å². The van der Waals surface area contributed by atoms with Crippen molar-refractivity contribution in [1.82, 2.24) is 19.5 Å². The van der Waals surface area contributed by atoms with E-state index in [2.05, 4.69) is 33.2 Å². The van der Waals surface area contributed by atoms with E-state index in [4.69, 9.17) is 0 Å². The second kappa shape index (κ2) is 7.57. The highest BCUT2D eigenvalue weighted by Crippen LogP contribution is 2.36. The van der Waals surface area contributed by atoms with Crippen LogP contribution in [0.25, 0.3) is 38.9 Å². The Kier molecular flexibility index (Phi) is 4.56. The number of aryl methyl sites for hydroxylation is 2. The average molecular weight is 425 g/mol. The van der Waals surface area contributed by atoms with Gasteiger partial charge in [0, 0.05) is 16.3 Å². The van der Waals surface area contributed by atoms with Crippen LogP contribution in [0.15, 0.2) is 54.6 Å². The standard InChI is InChI=1S/C26H15N7/c1-15-30-16(2)32-26(31-15)22-8-5-19(14-29)11-25(22)33-23-9-17(12-27)3-6-20(23)21-7-4-18(13-28)10-24(21)33/h3-11H,1-2H3. The van der Waals surface area contributed by atoms with Crippen molar-refractivity contribution in [2.75, 3.05) is 0 Å². The lowest BCUT2D eigenvalue weighted by Crippen LogP contribution is -2.04. The van der Waals surface area contributed by atoms with Crippen molar-refractivity contribution in [2.24, 2.45) is 0 Å². The molecule has 0 fully saturated rings. The maximum absolute atomic E-state index is 9.61. The summed E-state index contributed by atoms with van der Waals surface area (Å²) in [5, 5.41) is 30.5. The topological polar surface area (TPSA) is 115 Å². The summed E-state index contributed by atoms with van der Waals surface area (Å²) in [5.41, 5.74) is 4.47. The molecule has 0 aliphatic heterocycles. The number of aromatic nitrogens is 4. The molecular weight excluding hydrogens is 410 g/mol. The molecule has 5 aromatic rings. The predicted molar refractivity (Wildman–Crippen MR) is 123 cm³/mol. The zero-order valence-electron chi connectivity index (χ0n) is 17.8. The van der Waals surface area contributed by atoms with Crippen molar-refractivity contribution in [3.63, 3.8) is 0 Å². The highest BCUT2D eigenvalue weighted by Gasteiger charge is 2.19. The normalized spacial score (nSPS) is 10.6. The molecule has 3 aromatic carbocycles. The van der Waals surface area contributed by atoms with Gasteiger partial charge in [-0.25, -0.2) is 15.0 Å². The molecular formula is C26H15N7. The van der Waals surface area contributed by atoms with Crippen LogP contribution in [0.3, 0.4) is 0 Å². The Morgan fingerprint density at radius 3 is 1.64 bits per heavy atom. The SMILES string of the molecule is Cc1nc(C)nc(-c2ccc(C#N)cc2-n2c3cc(C#N)ccc3c3ccc(C#N)cc32)n1. The van der Waals surface area contributed by atoms with E-state index in [-0.39, 0.29) is 0 Å². The average Bonchev–Trinajstić information content (AvgIpc) is 3.15. The van der Waals surface area contributed by atoms with Gasteiger partial charge in [-0.05, 0) is 56.3 Å². The van der Waals surface area contributed by atoms with E-state index in [1.165, 1.54) is 0 Å². The van der Waals surface area contributed by atoms with E-state index in [1.807, 2.05) is 34.9 Å². The Balaban J connectivity index is 1.97. The lowest BCUT2D eigenvalue weighted by atomic mass is 10.1. The third-order valence-corrected chi connectivity index (χ3v) is 5.49.